The first-order valence-electron chi connectivity index (χ1n) is 6.99. The molecule has 2 unspecified atom stereocenters. The van der Waals surface area contributed by atoms with Crippen molar-refractivity contribution in [2.24, 2.45) is 11.7 Å². The molecule has 22 heavy (non-hydrogen) atoms. The van der Waals surface area contributed by atoms with Crippen LogP contribution in [0.2, 0.25) is 0 Å². The average Bonchev–Trinajstić information content (AvgIpc) is 2.40. The molecule has 1 aromatic rings. The van der Waals surface area contributed by atoms with Crippen molar-refractivity contribution >= 4 is 22.4 Å². The van der Waals surface area contributed by atoms with Crippen molar-refractivity contribution in [1.29, 1.82) is 0 Å². The van der Waals surface area contributed by atoms with Gasteiger partial charge in [0.1, 0.15) is 11.6 Å². The van der Waals surface area contributed by atoms with Crippen molar-refractivity contribution in [3.63, 3.8) is 0 Å². The molecule has 8 heteroatoms. The molecule has 4 nitrogen and oxygen atoms in total. The lowest BCUT2D eigenvalue weighted by atomic mass is 9.74. The Balaban J connectivity index is 0.00000242. The van der Waals surface area contributed by atoms with Crippen LogP contribution in [0.1, 0.15) is 32.6 Å². The third-order valence-corrected chi connectivity index (χ3v) is 5.83. The van der Waals surface area contributed by atoms with Crippen molar-refractivity contribution in [2.75, 3.05) is 6.54 Å². The number of benzene rings is 1. The van der Waals surface area contributed by atoms with Gasteiger partial charge in [-0.1, -0.05) is 19.8 Å². The number of nitrogens with one attached hydrogen (secondary N) is 1. The van der Waals surface area contributed by atoms with E-state index in [4.69, 9.17) is 5.73 Å². The molecule has 1 aromatic carbocycles. The zero-order valence-electron chi connectivity index (χ0n) is 12.3. The second-order valence-corrected chi connectivity index (χ2v) is 7.40. The number of sulfonamides is 1. The lowest BCUT2D eigenvalue weighted by Crippen LogP contribution is -2.58. The fourth-order valence-corrected chi connectivity index (χ4v) is 4.50. The Morgan fingerprint density at radius 1 is 1.27 bits per heavy atom. The van der Waals surface area contributed by atoms with E-state index in [-0.39, 0.29) is 24.9 Å². The molecular formula is C14H21ClF2N2O2S. The van der Waals surface area contributed by atoms with E-state index < -0.39 is 32.1 Å². The number of hydrogen-bond donors (Lipinski definition) is 2. The Morgan fingerprint density at radius 2 is 1.86 bits per heavy atom. The predicted molar refractivity (Wildman–Crippen MR) is 83.3 cm³/mol. The molecule has 0 saturated heterocycles. The monoisotopic (exact) mass is 354 g/mol. The standard InChI is InChI=1S/C14H20F2N2O2S.ClH/c1-10-4-2-3-5-14(10,9-17)18-21(19,20)13-7-11(15)6-12(16)8-13;/h6-8,10,18H,2-5,9,17H2,1H3;1H. The Hall–Kier alpha value is -0.760. The molecule has 0 amide bonds. The van der Waals surface area contributed by atoms with E-state index in [0.29, 0.717) is 12.5 Å². The predicted octanol–water partition coefficient (Wildman–Crippen LogP) is 2.57. The van der Waals surface area contributed by atoms with Gasteiger partial charge >= 0.3 is 0 Å². The summed E-state index contributed by atoms with van der Waals surface area (Å²) in [5.41, 5.74) is 5.05. The lowest BCUT2D eigenvalue weighted by molar-refractivity contribution is 0.191. The van der Waals surface area contributed by atoms with E-state index in [2.05, 4.69) is 4.72 Å². The summed E-state index contributed by atoms with van der Waals surface area (Å²) in [5, 5.41) is 0. The van der Waals surface area contributed by atoms with Gasteiger partial charge in [-0.2, -0.15) is 0 Å². The van der Waals surface area contributed by atoms with Crippen LogP contribution in [0.3, 0.4) is 0 Å². The molecule has 2 atom stereocenters. The lowest BCUT2D eigenvalue weighted by Gasteiger charge is -2.42. The summed E-state index contributed by atoms with van der Waals surface area (Å²) in [4.78, 5) is -0.411. The normalized spacial score (nSPS) is 25.5. The summed E-state index contributed by atoms with van der Waals surface area (Å²) in [6.45, 7) is 2.10. The molecule has 1 fully saturated rings. The fourth-order valence-electron chi connectivity index (χ4n) is 2.92. The van der Waals surface area contributed by atoms with Crippen LogP contribution in [0.5, 0.6) is 0 Å². The van der Waals surface area contributed by atoms with Gasteiger partial charge in [0, 0.05) is 18.2 Å². The zero-order chi connectivity index (χ0) is 15.7. The topological polar surface area (TPSA) is 72.2 Å². The molecule has 126 valence electrons. The van der Waals surface area contributed by atoms with Crippen LogP contribution in [0.4, 0.5) is 8.78 Å². The second kappa shape index (κ2) is 7.21. The van der Waals surface area contributed by atoms with Crippen molar-refractivity contribution < 1.29 is 17.2 Å². The molecule has 3 N–H and O–H groups in total. The molecular weight excluding hydrogens is 334 g/mol. The highest BCUT2D eigenvalue weighted by atomic mass is 35.5. The number of halogens is 3. The van der Waals surface area contributed by atoms with Crippen LogP contribution < -0.4 is 10.5 Å². The van der Waals surface area contributed by atoms with E-state index in [1.54, 1.807) is 0 Å². The Bertz CT molecular complexity index is 607. The number of hydrogen-bond acceptors (Lipinski definition) is 3. The Kier molecular flexibility index (Phi) is 6.32. The molecule has 0 aliphatic heterocycles. The third kappa shape index (κ3) is 3.95. The van der Waals surface area contributed by atoms with Crippen LogP contribution in [-0.2, 0) is 10.0 Å². The quantitative estimate of drug-likeness (QED) is 0.872. The molecule has 1 aliphatic rings. The minimum absolute atomic E-state index is 0. The van der Waals surface area contributed by atoms with Crippen LogP contribution in [0.25, 0.3) is 0 Å². The first kappa shape index (κ1) is 19.3. The van der Waals surface area contributed by atoms with Crippen LogP contribution in [0, 0.1) is 17.6 Å². The van der Waals surface area contributed by atoms with Crippen LogP contribution in [0.15, 0.2) is 23.1 Å². The summed E-state index contributed by atoms with van der Waals surface area (Å²) < 4.78 is 53.9. The van der Waals surface area contributed by atoms with Gasteiger partial charge in [-0.25, -0.2) is 21.9 Å². The highest BCUT2D eigenvalue weighted by molar-refractivity contribution is 7.89. The van der Waals surface area contributed by atoms with E-state index in [0.717, 1.165) is 31.4 Å². The second-order valence-electron chi connectivity index (χ2n) is 5.72. The smallest absolute Gasteiger partial charge is 0.241 e. The van der Waals surface area contributed by atoms with E-state index in [1.165, 1.54) is 0 Å². The van der Waals surface area contributed by atoms with Crippen molar-refractivity contribution in [1.82, 2.24) is 4.72 Å². The highest BCUT2D eigenvalue weighted by Crippen LogP contribution is 2.34. The SMILES string of the molecule is CC1CCCCC1(CN)NS(=O)(=O)c1cc(F)cc(F)c1.Cl. The van der Waals surface area contributed by atoms with Gasteiger partial charge in [-0.3, -0.25) is 0 Å². The number of rotatable bonds is 4. The van der Waals surface area contributed by atoms with Crippen LogP contribution in [-0.4, -0.2) is 20.5 Å². The highest BCUT2D eigenvalue weighted by Gasteiger charge is 2.40. The molecule has 0 aromatic heterocycles. The summed E-state index contributed by atoms with van der Waals surface area (Å²) >= 11 is 0. The molecule has 1 saturated carbocycles. The first-order chi connectivity index (χ1) is 9.79. The van der Waals surface area contributed by atoms with Gasteiger partial charge in [0.05, 0.1) is 4.90 Å². The van der Waals surface area contributed by atoms with Crippen molar-refractivity contribution in [2.45, 2.75) is 43.0 Å². The van der Waals surface area contributed by atoms with E-state index in [9.17, 15) is 17.2 Å². The average molecular weight is 355 g/mol. The molecule has 0 bridgehead atoms. The third-order valence-electron chi connectivity index (χ3n) is 4.30. The first-order valence-corrected chi connectivity index (χ1v) is 8.47. The molecule has 1 aliphatic carbocycles. The zero-order valence-corrected chi connectivity index (χ0v) is 13.9. The van der Waals surface area contributed by atoms with Gasteiger partial charge in [-0.15, -0.1) is 12.4 Å². The van der Waals surface area contributed by atoms with Gasteiger partial charge in [0.25, 0.3) is 0 Å². The Labute approximate surface area is 135 Å². The Morgan fingerprint density at radius 3 is 2.36 bits per heavy atom. The van der Waals surface area contributed by atoms with Crippen LogP contribution >= 0.6 is 12.4 Å². The number of nitrogens with two attached hydrogens (primary N) is 1. The van der Waals surface area contributed by atoms with Crippen molar-refractivity contribution in [3.05, 3.63) is 29.8 Å². The maximum absolute atomic E-state index is 13.2. The maximum Gasteiger partial charge on any atom is 0.241 e. The molecule has 0 spiro atoms. The largest absolute Gasteiger partial charge is 0.329 e. The molecule has 0 heterocycles. The minimum Gasteiger partial charge on any atom is -0.329 e. The van der Waals surface area contributed by atoms with E-state index >= 15 is 0 Å². The van der Waals surface area contributed by atoms with E-state index in [1.807, 2.05) is 6.92 Å². The van der Waals surface area contributed by atoms with Gasteiger partial charge in [0.15, 0.2) is 0 Å². The summed E-state index contributed by atoms with van der Waals surface area (Å²) in [6.07, 6.45) is 3.40. The summed E-state index contributed by atoms with van der Waals surface area (Å²) in [5.74, 6) is -1.77. The van der Waals surface area contributed by atoms with Gasteiger partial charge in [-0.05, 0) is 30.9 Å². The fraction of sp³-hybridized carbons (Fsp3) is 0.571. The minimum atomic E-state index is -4.02. The summed E-state index contributed by atoms with van der Waals surface area (Å²) in [6, 6.07) is 2.26. The summed E-state index contributed by atoms with van der Waals surface area (Å²) in [7, 11) is -4.02. The maximum atomic E-state index is 13.2. The van der Waals surface area contributed by atoms with Crippen molar-refractivity contribution in [3.8, 4) is 0 Å². The van der Waals surface area contributed by atoms with Gasteiger partial charge < -0.3 is 5.73 Å². The molecule has 0 radical (unpaired) electrons. The molecule has 2 rings (SSSR count). The van der Waals surface area contributed by atoms with Gasteiger partial charge in [0.2, 0.25) is 10.0 Å².